The summed E-state index contributed by atoms with van der Waals surface area (Å²) in [5.41, 5.74) is 0. The van der Waals surface area contributed by atoms with Gasteiger partial charge < -0.3 is 24.7 Å². The molecule has 12 heteroatoms. The maximum atomic E-state index is 6.41. The van der Waals surface area contributed by atoms with Gasteiger partial charge in [0.25, 0.3) is 50.0 Å². The van der Waals surface area contributed by atoms with Gasteiger partial charge in [0, 0.05) is 0 Å². The Kier molecular flexibility index (Phi) is 7.51. The van der Waals surface area contributed by atoms with Crippen molar-refractivity contribution in [1.29, 1.82) is 0 Å². The molecular formula is C12H20O6Si6. The normalized spacial score (nSPS) is 24.8. The Balaban J connectivity index is 1.93. The minimum atomic E-state index is -2.79. The third kappa shape index (κ3) is 4.78. The highest BCUT2D eigenvalue weighted by Gasteiger charge is 2.42. The summed E-state index contributed by atoms with van der Waals surface area (Å²) in [6.07, 6.45) is 0. The average molecular weight is 429 g/mol. The van der Waals surface area contributed by atoms with Crippen LogP contribution in [0.5, 0.6) is 0 Å². The van der Waals surface area contributed by atoms with Crippen LogP contribution in [0.1, 0.15) is 0 Å². The molecule has 6 nitrogen and oxygen atoms in total. The van der Waals surface area contributed by atoms with E-state index in [4.69, 9.17) is 24.7 Å². The van der Waals surface area contributed by atoms with Crippen molar-refractivity contribution in [1.82, 2.24) is 0 Å². The zero-order valence-electron chi connectivity index (χ0n) is 13.3. The van der Waals surface area contributed by atoms with Crippen LogP contribution in [0, 0.1) is 0 Å². The van der Waals surface area contributed by atoms with Crippen LogP contribution in [0.3, 0.4) is 0 Å². The van der Waals surface area contributed by atoms with Crippen molar-refractivity contribution in [3.8, 4) is 0 Å². The standard InChI is InChI=1S/C12H20O6Si6/c1-3-7-11(8-4-1)24(12-9-5-2-6-10-12)17-22-15-20-13-19-14-21-16-23-18-24/h1-10H,19-23H2. The van der Waals surface area contributed by atoms with Gasteiger partial charge in [0.15, 0.2) is 0 Å². The van der Waals surface area contributed by atoms with E-state index in [1.54, 1.807) is 0 Å². The molecule has 24 heavy (non-hydrogen) atoms. The molecule has 0 N–H and O–H groups in total. The molecule has 1 heterocycles. The fourth-order valence-electron chi connectivity index (χ4n) is 2.42. The summed E-state index contributed by atoms with van der Waals surface area (Å²) in [5.74, 6) is 0. The van der Waals surface area contributed by atoms with Gasteiger partial charge in [-0.05, 0) is 10.4 Å². The number of hydrogen-bond acceptors (Lipinski definition) is 6. The molecule has 0 aliphatic carbocycles. The molecule has 0 radical (unpaired) electrons. The Labute approximate surface area is 154 Å². The van der Waals surface area contributed by atoms with Crippen molar-refractivity contribution in [3.05, 3.63) is 60.7 Å². The van der Waals surface area contributed by atoms with Crippen molar-refractivity contribution >= 4 is 69.0 Å². The predicted molar refractivity (Wildman–Crippen MR) is 107 cm³/mol. The first kappa shape index (κ1) is 18.3. The summed E-state index contributed by atoms with van der Waals surface area (Å²) in [6, 6.07) is 20.4. The van der Waals surface area contributed by atoms with Gasteiger partial charge in [0.2, 0.25) is 0 Å². The lowest BCUT2D eigenvalue weighted by Crippen LogP contribution is -2.65. The monoisotopic (exact) mass is 428 g/mol. The van der Waals surface area contributed by atoms with Gasteiger partial charge in [-0.15, -0.1) is 0 Å². The molecule has 1 fully saturated rings. The lowest BCUT2D eigenvalue weighted by atomic mass is 10.4. The summed E-state index contributed by atoms with van der Waals surface area (Å²) >= 11 is 0. The Morgan fingerprint density at radius 2 is 0.875 bits per heavy atom. The number of rotatable bonds is 2. The summed E-state index contributed by atoms with van der Waals surface area (Å²) in [7, 11) is -8.10. The molecular weight excluding hydrogens is 409 g/mol. The van der Waals surface area contributed by atoms with E-state index in [9.17, 15) is 0 Å². The van der Waals surface area contributed by atoms with Crippen molar-refractivity contribution in [3.63, 3.8) is 0 Å². The Hall–Kier alpha value is -0.499. The molecule has 0 bridgehead atoms. The first-order chi connectivity index (χ1) is 11.9. The zero-order chi connectivity index (χ0) is 16.5. The fraction of sp³-hybridized carbons (Fsp3) is 0. The van der Waals surface area contributed by atoms with Gasteiger partial charge >= 0.3 is 8.56 Å². The number of benzene rings is 2. The summed E-state index contributed by atoms with van der Waals surface area (Å²) in [4.78, 5) is 0. The summed E-state index contributed by atoms with van der Waals surface area (Å²) in [5, 5.41) is 2.17. The third-order valence-electron chi connectivity index (χ3n) is 3.50. The SMILES string of the molecule is c1ccc([Si]2(c3ccccc3)O[SiH2]O[SiH2]O[SiH2]O[SiH2]O[SiH2]O2)cc1. The van der Waals surface area contributed by atoms with Crippen LogP contribution in [0.2, 0.25) is 0 Å². The largest absolute Gasteiger partial charge is 0.425 e. The second-order valence-corrected chi connectivity index (χ2v) is 17.5. The molecule has 3 rings (SSSR count). The topological polar surface area (TPSA) is 55.4 Å². The van der Waals surface area contributed by atoms with Crippen molar-refractivity contribution < 1.29 is 24.7 Å². The summed E-state index contributed by atoms with van der Waals surface area (Å²) in [6.45, 7) is 0. The first-order valence-electron chi connectivity index (χ1n) is 7.62. The lowest BCUT2D eigenvalue weighted by molar-refractivity contribution is 0.332. The Morgan fingerprint density at radius 3 is 1.29 bits per heavy atom. The highest BCUT2D eigenvalue weighted by Crippen LogP contribution is 2.09. The predicted octanol–water partition coefficient (Wildman–Crippen LogP) is -3.65. The molecule has 2 aromatic carbocycles. The van der Waals surface area contributed by atoms with Gasteiger partial charge in [-0.25, -0.2) is 0 Å². The third-order valence-corrected chi connectivity index (χ3v) is 15.2. The van der Waals surface area contributed by atoms with Crippen LogP contribution in [0.25, 0.3) is 0 Å². The minimum Gasteiger partial charge on any atom is -0.425 e. The highest BCUT2D eigenvalue weighted by molar-refractivity contribution is 6.96. The van der Waals surface area contributed by atoms with E-state index in [-0.39, 0.29) is 0 Å². The molecule has 0 spiro atoms. The van der Waals surface area contributed by atoms with Crippen LogP contribution in [-0.4, -0.2) is 58.6 Å². The fourth-order valence-corrected chi connectivity index (χ4v) is 16.9. The number of hydrogen-bond donors (Lipinski definition) is 0. The van der Waals surface area contributed by atoms with Crippen LogP contribution in [0.15, 0.2) is 60.7 Å². The molecule has 1 aliphatic heterocycles. The molecule has 128 valence electrons. The second-order valence-electron chi connectivity index (χ2n) is 5.04. The zero-order valence-corrected chi connectivity index (χ0v) is 21.3. The van der Waals surface area contributed by atoms with Gasteiger partial charge in [-0.1, -0.05) is 60.7 Å². The second kappa shape index (κ2) is 9.85. The molecule has 1 saturated heterocycles. The van der Waals surface area contributed by atoms with E-state index in [1.165, 1.54) is 0 Å². The lowest BCUT2D eigenvalue weighted by Gasteiger charge is -2.32. The van der Waals surface area contributed by atoms with E-state index in [0.29, 0.717) is 0 Å². The maximum absolute atomic E-state index is 6.41. The van der Waals surface area contributed by atoms with Crippen LogP contribution in [0.4, 0.5) is 0 Å². The van der Waals surface area contributed by atoms with Gasteiger partial charge in [0.05, 0.1) is 0 Å². The highest BCUT2D eigenvalue weighted by atomic mass is 28.5. The van der Waals surface area contributed by atoms with E-state index >= 15 is 0 Å². The van der Waals surface area contributed by atoms with Gasteiger partial charge in [-0.2, -0.15) is 0 Å². The van der Waals surface area contributed by atoms with E-state index in [0.717, 1.165) is 10.4 Å². The van der Waals surface area contributed by atoms with Crippen LogP contribution in [-0.2, 0) is 24.7 Å². The maximum Gasteiger partial charge on any atom is 0.388 e. The quantitative estimate of drug-likeness (QED) is 0.460. The van der Waals surface area contributed by atoms with E-state index < -0.39 is 58.6 Å². The smallest absolute Gasteiger partial charge is 0.388 e. The Bertz CT molecular complexity index is 552. The molecule has 2 aromatic rings. The molecule has 0 saturated carbocycles. The molecule has 0 amide bonds. The minimum absolute atomic E-state index is 0.924. The van der Waals surface area contributed by atoms with Gasteiger partial charge in [0.1, 0.15) is 0 Å². The molecule has 1 aliphatic rings. The summed E-state index contributed by atoms with van der Waals surface area (Å²) < 4.78 is 35.3. The van der Waals surface area contributed by atoms with Gasteiger partial charge in [-0.3, -0.25) is 0 Å². The van der Waals surface area contributed by atoms with E-state index in [2.05, 4.69) is 24.3 Å². The van der Waals surface area contributed by atoms with Crippen LogP contribution >= 0.6 is 0 Å². The molecule has 0 unspecified atom stereocenters. The van der Waals surface area contributed by atoms with Crippen molar-refractivity contribution in [2.75, 3.05) is 0 Å². The first-order valence-corrected chi connectivity index (χ1v) is 15.2. The molecule has 0 aromatic heterocycles. The Morgan fingerprint density at radius 1 is 0.500 bits per heavy atom. The van der Waals surface area contributed by atoms with Crippen molar-refractivity contribution in [2.24, 2.45) is 0 Å². The average Bonchev–Trinajstić information content (AvgIpc) is 2.64. The van der Waals surface area contributed by atoms with E-state index in [1.807, 2.05) is 36.4 Å². The van der Waals surface area contributed by atoms with Crippen LogP contribution < -0.4 is 10.4 Å². The molecule has 0 atom stereocenters. The van der Waals surface area contributed by atoms with Crippen molar-refractivity contribution in [2.45, 2.75) is 0 Å².